The summed E-state index contributed by atoms with van der Waals surface area (Å²) in [5.74, 6) is 0. The number of allylic oxidation sites excluding steroid dienone is 1. The van der Waals surface area contributed by atoms with Gasteiger partial charge in [0, 0.05) is 0 Å². The molecule has 2 aromatic rings. The van der Waals surface area contributed by atoms with E-state index >= 15 is 0 Å². The Morgan fingerprint density at radius 1 is 0.700 bits per heavy atom. The minimum absolute atomic E-state index is 0.829. The monoisotopic (exact) mass is 268 g/mol. The first-order valence-electron chi connectivity index (χ1n) is 7.18. The lowest BCUT2D eigenvalue weighted by Gasteiger charge is -2.06. The summed E-state index contributed by atoms with van der Waals surface area (Å²) in [5, 5.41) is 0. The van der Waals surface area contributed by atoms with Crippen LogP contribution in [0.4, 0.5) is 0 Å². The number of rotatable bonds is 3. The fraction of sp³-hybridized carbons (Fsp3) is 0.211. The molecule has 0 aliphatic heterocycles. The molecule has 0 aliphatic carbocycles. The number of hydrogen-bond donors (Lipinski definition) is 0. The molecule has 106 valence electrons. The zero-order valence-electron chi connectivity index (χ0n) is 12.8. The Hall–Kier alpha value is -2.15. The summed E-state index contributed by atoms with van der Waals surface area (Å²) >= 11 is 0. The van der Waals surface area contributed by atoms with Crippen LogP contribution in [-0.4, -0.2) is 6.29 Å². The van der Waals surface area contributed by atoms with Gasteiger partial charge in [-0.2, -0.15) is 0 Å². The predicted octanol–water partition coefficient (Wildman–Crippen LogP) is 5.37. The second-order valence-electron chi connectivity index (χ2n) is 3.45. The summed E-state index contributed by atoms with van der Waals surface area (Å²) in [6.45, 7) is 8.00. The molecule has 2 aromatic carbocycles. The third-order valence-corrected chi connectivity index (χ3v) is 2.40. The first-order valence-corrected chi connectivity index (χ1v) is 7.18. The van der Waals surface area contributed by atoms with E-state index in [0.717, 1.165) is 23.0 Å². The molecule has 0 N–H and O–H groups in total. The van der Waals surface area contributed by atoms with Crippen LogP contribution in [0.25, 0.3) is 5.57 Å². The number of hydrogen-bond acceptors (Lipinski definition) is 1. The van der Waals surface area contributed by atoms with Crippen LogP contribution in [-0.2, 0) is 4.79 Å². The van der Waals surface area contributed by atoms with Gasteiger partial charge in [-0.25, -0.2) is 0 Å². The summed E-state index contributed by atoms with van der Waals surface area (Å²) in [7, 11) is 0. The van der Waals surface area contributed by atoms with E-state index in [1.54, 1.807) is 6.08 Å². The van der Waals surface area contributed by atoms with E-state index in [4.69, 9.17) is 0 Å². The zero-order valence-corrected chi connectivity index (χ0v) is 12.8. The molecule has 0 heterocycles. The van der Waals surface area contributed by atoms with Crippen LogP contribution in [0.1, 0.15) is 38.8 Å². The molecule has 2 rings (SSSR count). The lowest BCUT2D eigenvalue weighted by molar-refractivity contribution is -0.104. The normalized spacial score (nSPS) is 8.20. The molecular weight excluding hydrogens is 244 g/mol. The molecule has 0 unspecified atom stereocenters. The van der Waals surface area contributed by atoms with Crippen molar-refractivity contribution in [2.75, 3.05) is 0 Å². The van der Waals surface area contributed by atoms with Crippen molar-refractivity contribution in [1.82, 2.24) is 0 Å². The first-order chi connectivity index (χ1) is 9.92. The Morgan fingerprint density at radius 3 is 1.35 bits per heavy atom. The van der Waals surface area contributed by atoms with E-state index in [-0.39, 0.29) is 0 Å². The summed E-state index contributed by atoms with van der Waals surface area (Å²) in [6.07, 6.45) is 2.43. The molecular formula is C19H24O. The Morgan fingerprint density at radius 2 is 1.05 bits per heavy atom. The van der Waals surface area contributed by atoms with Crippen molar-refractivity contribution >= 4 is 11.9 Å². The van der Waals surface area contributed by atoms with Gasteiger partial charge in [-0.15, -0.1) is 0 Å². The molecule has 0 amide bonds. The maximum Gasteiger partial charge on any atom is 0.143 e. The largest absolute Gasteiger partial charge is 0.299 e. The van der Waals surface area contributed by atoms with E-state index in [1.165, 1.54) is 0 Å². The fourth-order valence-electron chi connectivity index (χ4n) is 1.66. The van der Waals surface area contributed by atoms with E-state index in [9.17, 15) is 4.79 Å². The van der Waals surface area contributed by atoms with Crippen LogP contribution >= 0.6 is 0 Å². The van der Waals surface area contributed by atoms with Crippen LogP contribution in [0.2, 0.25) is 0 Å². The predicted molar refractivity (Wildman–Crippen MR) is 88.7 cm³/mol. The topological polar surface area (TPSA) is 17.1 Å². The second-order valence-corrected chi connectivity index (χ2v) is 3.45. The van der Waals surface area contributed by atoms with Gasteiger partial charge in [-0.05, 0) is 22.8 Å². The summed E-state index contributed by atoms with van der Waals surface area (Å²) in [4.78, 5) is 10.7. The van der Waals surface area contributed by atoms with Crippen molar-refractivity contribution in [1.29, 1.82) is 0 Å². The number of benzene rings is 2. The van der Waals surface area contributed by atoms with Gasteiger partial charge in [0.1, 0.15) is 6.29 Å². The number of carbonyl (C=O) groups is 1. The molecule has 0 radical (unpaired) electrons. The highest BCUT2D eigenvalue weighted by molar-refractivity contribution is 5.89. The van der Waals surface area contributed by atoms with Gasteiger partial charge < -0.3 is 0 Å². The van der Waals surface area contributed by atoms with Gasteiger partial charge in [0.15, 0.2) is 0 Å². The minimum Gasteiger partial charge on any atom is -0.299 e. The Labute approximate surface area is 123 Å². The average Bonchev–Trinajstić information content (AvgIpc) is 2.58. The molecule has 0 saturated heterocycles. The van der Waals surface area contributed by atoms with Crippen LogP contribution in [0.5, 0.6) is 0 Å². The van der Waals surface area contributed by atoms with Crippen LogP contribution in [0.15, 0.2) is 66.7 Å². The molecule has 0 spiro atoms. The highest BCUT2D eigenvalue weighted by Crippen LogP contribution is 2.22. The third kappa shape index (κ3) is 5.66. The molecule has 0 atom stereocenters. The highest BCUT2D eigenvalue weighted by atomic mass is 16.1. The van der Waals surface area contributed by atoms with Crippen LogP contribution < -0.4 is 0 Å². The maximum atomic E-state index is 10.7. The lowest BCUT2D eigenvalue weighted by Crippen LogP contribution is -1.87. The minimum atomic E-state index is 0.829. The van der Waals surface area contributed by atoms with Gasteiger partial charge in [0.05, 0.1) is 0 Å². The Kier molecular flexibility index (Phi) is 10.6. The molecule has 0 aromatic heterocycles. The van der Waals surface area contributed by atoms with Gasteiger partial charge in [-0.1, -0.05) is 88.4 Å². The first kappa shape index (κ1) is 17.8. The highest BCUT2D eigenvalue weighted by Gasteiger charge is 2.02. The molecule has 20 heavy (non-hydrogen) atoms. The Balaban J connectivity index is 0.000000829. The molecule has 0 saturated carbocycles. The van der Waals surface area contributed by atoms with Crippen molar-refractivity contribution in [3.63, 3.8) is 0 Å². The molecule has 0 aliphatic rings. The third-order valence-electron chi connectivity index (χ3n) is 2.40. The SMILES string of the molecule is CC.CC.O=CC=C(c1ccccc1)c1ccccc1. The van der Waals surface area contributed by atoms with Crippen molar-refractivity contribution in [2.24, 2.45) is 0 Å². The number of carbonyl (C=O) groups excluding carboxylic acids is 1. The maximum absolute atomic E-state index is 10.7. The van der Waals surface area contributed by atoms with Crippen LogP contribution in [0.3, 0.4) is 0 Å². The summed E-state index contributed by atoms with van der Waals surface area (Å²) in [6, 6.07) is 19.8. The quantitative estimate of drug-likeness (QED) is 0.540. The molecule has 0 fully saturated rings. The average molecular weight is 268 g/mol. The smallest absolute Gasteiger partial charge is 0.143 e. The molecule has 1 heteroatoms. The van der Waals surface area contributed by atoms with Gasteiger partial charge in [0.2, 0.25) is 0 Å². The summed E-state index contributed by atoms with van der Waals surface area (Å²) in [5.41, 5.74) is 3.07. The fourth-order valence-corrected chi connectivity index (χ4v) is 1.66. The van der Waals surface area contributed by atoms with E-state index in [1.807, 2.05) is 88.4 Å². The van der Waals surface area contributed by atoms with Gasteiger partial charge in [0.25, 0.3) is 0 Å². The van der Waals surface area contributed by atoms with Crippen molar-refractivity contribution < 1.29 is 4.79 Å². The Bertz CT molecular complexity index is 442. The second kappa shape index (κ2) is 11.9. The van der Waals surface area contributed by atoms with Crippen molar-refractivity contribution in [3.05, 3.63) is 77.9 Å². The molecule has 0 bridgehead atoms. The number of aldehydes is 1. The van der Waals surface area contributed by atoms with Crippen LogP contribution in [0, 0.1) is 0 Å². The van der Waals surface area contributed by atoms with E-state index in [0.29, 0.717) is 0 Å². The lowest BCUT2D eigenvalue weighted by atomic mass is 9.98. The molecule has 1 nitrogen and oxygen atoms in total. The van der Waals surface area contributed by atoms with E-state index < -0.39 is 0 Å². The van der Waals surface area contributed by atoms with E-state index in [2.05, 4.69) is 0 Å². The van der Waals surface area contributed by atoms with Gasteiger partial charge >= 0.3 is 0 Å². The standard InChI is InChI=1S/C15H12O.2C2H6/c16-12-11-15(13-7-3-1-4-8-13)14-9-5-2-6-10-14;2*1-2/h1-12H;2*1-2H3. The van der Waals surface area contributed by atoms with Crippen molar-refractivity contribution in [3.8, 4) is 0 Å². The summed E-state index contributed by atoms with van der Waals surface area (Å²) < 4.78 is 0. The van der Waals surface area contributed by atoms with Gasteiger partial charge in [-0.3, -0.25) is 4.79 Å². The van der Waals surface area contributed by atoms with Crippen molar-refractivity contribution in [2.45, 2.75) is 27.7 Å². The zero-order chi connectivity index (χ0) is 15.2.